The van der Waals surface area contributed by atoms with Crippen molar-refractivity contribution in [3.63, 3.8) is 0 Å². The smallest absolute Gasteiger partial charge is 0.234 e. The molecule has 7 heteroatoms. The first-order valence-corrected chi connectivity index (χ1v) is 9.90. The van der Waals surface area contributed by atoms with Gasteiger partial charge in [-0.05, 0) is 49.2 Å². The second-order valence-corrected chi connectivity index (χ2v) is 7.40. The van der Waals surface area contributed by atoms with Gasteiger partial charge in [0.25, 0.3) is 0 Å². The number of hydrogen-bond donors (Lipinski definition) is 1. The van der Waals surface area contributed by atoms with Crippen LogP contribution in [0.15, 0.2) is 48.5 Å². The lowest BCUT2D eigenvalue weighted by Crippen LogP contribution is -2.43. The Kier molecular flexibility index (Phi) is 5.76. The number of ether oxygens (including phenoxy) is 1. The maximum absolute atomic E-state index is 13.0. The summed E-state index contributed by atoms with van der Waals surface area (Å²) in [5, 5.41) is 2.97. The average molecular weight is 396 g/mol. The average Bonchev–Trinajstić information content (AvgIpc) is 3.06. The number of rotatable bonds is 6. The molecule has 29 heavy (non-hydrogen) atoms. The largest absolute Gasteiger partial charge is 0.490 e. The lowest BCUT2D eigenvalue weighted by Gasteiger charge is -2.31. The van der Waals surface area contributed by atoms with E-state index in [1.807, 2.05) is 35.9 Å². The molecule has 0 atom stereocenters. The van der Waals surface area contributed by atoms with E-state index in [2.05, 4.69) is 15.2 Å². The van der Waals surface area contributed by atoms with E-state index >= 15 is 0 Å². The Balaban J connectivity index is 1.22. The van der Waals surface area contributed by atoms with Crippen molar-refractivity contribution in [2.24, 2.45) is 7.05 Å². The van der Waals surface area contributed by atoms with Gasteiger partial charge in [0.15, 0.2) is 0 Å². The van der Waals surface area contributed by atoms with Gasteiger partial charge in [0.05, 0.1) is 24.1 Å². The number of carbonyl (C=O) groups is 1. The number of para-hydroxylation sites is 2. The monoisotopic (exact) mass is 396 g/mol. The highest BCUT2D eigenvalue weighted by Gasteiger charge is 2.22. The number of benzene rings is 2. The minimum Gasteiger partial charge on any atom is -0.490 e. The van der Waals surface area contributed by atoms with Crippen LogP contribution < -0.4 is 10.1 Å². The molecule has 1 aliphatic rings. The third kappa shape index (κ3) is 4.74. The maximum atomic E-state index is 13.0. The molecule has 1 aliphatic heterocycles. The lowest BCUT2D eigenvalue weighted by atomic mass is 10.1. The fourth-order valence-corrected chi connectivity index (χ4v) is 3.68. The molecule has 0 bridgehead atoms. The molecule has 2 heterocycles. The normalized spacial score (nSPS) is 15.5. The number of hydrogen-bond acceptors (Lipinski definition) is 4. The molecule has 1 saturated heterocycles. The first-order valence-electron chi connectivity index (χ1n) is 9.90. The zero-order valence-corrected chi connectivity index (χ0v) is 16.5. The van der Waals surface area contributed by atoms with Crippen molar-refractivity contribution >= 4 is 16.9 Å². The standard InChI is InChI=1S/C22H25FN4O2/c1-26-20-5-3-2-4-19(20)25-21(26)14-24-22(28)15-27-12-10-18(11-13-27)29-17-8-6-16(23)7-9-17/h2-9,18H,10-15H2,1H3,(H,24,28). The van der Waals surface area contributed by atoms with Crippen LogP contribution in [-0.4, -0.2) is 46.1 Å². The van der Waals surface area contributed by atoms with E-state index in [4.69, 9.17) is 4.74 Å². The number of aromatic nitrogens is 2. The molecule has 0 spiro atoms. The van der Waals surface area contributed by atoms with Crippen molar-refractivity contribution in [2.45, 2.75) is 25.5 Å². The molecule has 3 aromatic rings. The molecular weight excluding hydrogens is 371 g/mol. The van der Waals surface area contributed by atoms with Crippen molar-refractivity contribution in [3.8, 4) is 5.75 Å². The lowest BCUT2D eigenvalue weighted by molar-refractivity contribution is -0.122. The van der Waals surface area contributed by atoms with E-state index in [1.165, 1.54) is 12.1 Å². The van der Waals surface area contributed by atoms with Gasteiger partial charge in [0, 0.05) is 20.1 Å². The van der Waals surface area contributed by atoms with Crippen LogP contribution in [0.25, 0.3) is 11.0 Å². The van der Waals surface area contributed by atoms with Crippen molar-refractivity contribution in [1.82, 2.24) is 19.8 Å². The Bertz CT molecular complexity index is 978. The molecular formula is C22H25FN4O2. The van der Waals surface area contributed by atoms with E-state index in [0.29, 0.717) is 18.8 Å². The summed E-state index contributed by atoms with van der Waals surface area (Å²) >= 11 is 0. The predicted molar refractivity (Wildman–Crippen MR) is 109 cm³/mol. The third-order valence-electron chi connectivity index (χ3n) is 5.34. The van der Waals surface area contributed by atoms with Crippen molar-refractivity contribution < 1.29 is 13.9 Å². The van der Waals surface area contributed by atoms with Crippen LogP contribution in [0.1, 0.15) is 18.7 Å². The topological polar surface area (TPSA) is 59.4 Å². The molecule has 0 saturated carbocycles. The molecule has 0 radical (unpaired) electrons. The Labute approximate surface area is 169 Å². The van der Waals surface area contributed by atoms with Crippen molar-refractivity contribution in [1.29, 1.82) is 0 Å². The van der Waals surface area contributed by atoms with Gasteiger partial charge in [-0.3, -0.25) is 9.69 Å². The number of piperidine rings is 1. The van der Waals surface area contributed by atoms with Crippen LogP contribution in [0.5, 0.6) is 5.75 Å². The fraction of sp³-hybridized carbons (Fsp3) is 0.364. The minimum atomic E-state index is -0.267. The number of nitrogens with zero attached hydrogens (tertiary/aromatic N) is 3. The minimum absolute atomic E-state index is 0.00467. The zero-order chi connectivity index (χ0) is 20.2. The van der Waals surface area contributed by atoms with Crippen molar-refractivity contribution in [2.75, 3.05) is 19.6 Å². The van der Waals surface area contributed by atoms with Crippen LogP contribution >= 0.6 is 0 Å². The summed E-state index contributed by atoms with van der Waals surface area (Å²) in [6, 6.07) is 14.0. The number of imidazole rings is 1. The molecule has 1 amide bonds. The van der Waals surface area contributed by atoms with Crippen LogP contribution in [0, 0.1) is 5.82 Å². The first-order chi connectivity index (χ1) is 14.1. The molecule has 152 valence electrons. The van der Waals surface area contributed by atoms with Crippen LogP contribution in [0.4, 0.5) is 4.39 Å². The molecule has 2 aromatic carbocycles. The summed E-state index contributed by atoms with van der Waals surface area (Å²) in [6.45, 7) is 2.37. The van der Waals surface area contributed by atoms with Gasteiger partial charge in [-0.25, -0.2) is 9.37 Å². The second kappa shape index (κ2) is 8.61. The molecule has 1 aromatic heterocycles. The highest BCUT2D eigenvalue weighted by Crippen LogP contribution is 2.19. The van der Waals surface area contributed by atoms with Crippen LogP contribution in [-0.2, 0) is 18.4 Å². The SMILES string of the molecule is Cn1c(CNC(=O)CN2CCC(Oc3ccc(F)cc3)CC2)nc2ccccc21. The molecule has 6 nitrogen and oxygen atoms in total. The van der Waals surface area contributed by atoms with Gasteiger partial charge >= 0.3 is 0 Å². The molecule has 4 rings (SSSR count). The highest BCUT2D eigenvalue weighted by molar-refractivity contribution is 5.78. The number of nitrogens with one attached hydrogen (secondary N) is 1. The number of aryl methyl sites for hydroxylation is 1. The summed E-state index contributed by atoms with van der Waals surface area (Å²) < 4.78 is 20.9. The number of likely N-dealkylation sites (tertiary alicyclic amines) is 1. The number of fused-ring (bicyclic) bond motifs is 1. The highest BCUT2D eigenvalue weighted by atomic mass is 19.1. The third-order valence-corrected chi connectivity index (χ3v) is 5.34. The molecule has 1 fully saturated rings. The van der Waals surface area contributed by atoms with Gasteiger partial charge in [-0.2, -0.15) is 0 Å². The molecule has 0 aliphatic carbocycles. The van der Waals surface area contributed by atoms with E-state index in [-0.39, 0.29) is 17.8 Å². The van der Waals surface area contributed by atoms with E-state index < -0.39 is 0 Å². The van der Waals surface area contributed by atoms with E-state index in [9.17, 15) is 9.18 Å². The van der Waals surface area contributed by atoms with Crippen molar-refractivity contribution in [3.05, 3.63) is 60.2 Å². The Hall–Kier alpha value is -2.93. The Morgan fingerprint density at radius 2 is 1.90 bits per heavy atom. The number of amides is 1. The fourth-order valence-electron chi connectivity index (χ4n) is 3.68. The Morgan fingerprint density at radius 3 is 2.62 bits per heavy atom. The number of carbonyl (C=O) groups excluding carboxylic acids is 1. The van der Waals surface area contributed by atoms with Crippen LogP contribution in [0.3, 0.4) is 0 Å². The number of halogens is 1. The van der Waals surface area contributed by atoms with Gasteiger partial charge in [-0.1, -0.05) is 12.1 Å². The predicted octanol–water partition coefficient (Wildman–Crippen LogP) is 2.87. The second-order valence-electron chi connectivity index (χ2n) is 7.40. The first kappa shape index (κ1) is 19.4. The van der Waals surface area contributed by atoms with E-state index in [1.54, 1.807) is 12.1 Å². The van der Waals surface area contributed by atoms with Gasteiger partial charge < -0.3 is 14.6 Å². The summed E-state index contributed by atoms with van der Waals surface area (Å²) in [4.78, 5) is 19.1. The van der Waals surface area contributed by atoms with Gasteiger partial charge in [0.2, 0.25) is 5.91 Å². The van der Waals surface area contributed by atoms with Gasteiger partial charge in [0.1, 0.15) is 23.5 Å². The Morgan fingerprint density at radius 1 is 1.17 bits per heavy atom. The molecule has 1 N–H and O–H groups in total. The summed E-state index contributed by atoms with van der Waals surface area (Å²) in [7, 11) is 1.96. The summed E-state index contributed by atoms with van der Waals surface area (Å²) in [5.41, 5.74) is 1.99. The molecule has 0 unspecified atom stereocenters. The van der Waals surface area contributed by atoms with Gasteiger partial charge in [-0.15, -0.1) is 0 Å². The maximum Gasteiger partial charge on any atom is 0.234 e. The van der Waals surface area contributed by atoms with E-state index in [0.717, 1.165) is 42.8 Å². The zero-order valence-electron chi connectivity index (χ0n) is 16.5. The summed E-state index contributed by atoms with van der Waals surface area (Å²) in [6.07, 6.45) is 1.78. The summed E-state index contributed by atoms with van der Waals surface area (Å²) in [5.74, 6) is 1.25. The quantitative estimate of drug-likeness (QED) is 0.696. The van der Waals surface area contributed by atoms with Crippen LogP contribution in [0.2, 0.25) is 0 Å².